The van der Waals surface area contributed by atoms with Crippen LogP contribution in [-0.2, 0) is 13.1 Å². The predicted octanol–water partition coefficient (Wildman–Crippen LogP) is 6.24. The molecule has 2 aromatic carbocycles. The molecule has 180 valence electrons. The highest BCUT2D eigenvalue weighted by molar-refractivity contribution is 6.09. The number of amides is 1. The molecule has 0 unspecified atom stereocenters. The molecule has 1 amide bonds. The fourth-order valence-corrected chi connectivity index (χ4v) is 4.85. The number of fused-ring (bicyclic) bond motifs is 1. The molecule has 0 aliphatic heterocycles. The number of nitrogens with zero attached hydrogens (tertiary/aromatic N) is 2. The third kappa shape index (κ3) is 4.92. The van der Waals surface area contributed by atoms with Crippen LogP contribution in [0.3, 0.4) is 0 Å². The lowest BCUT2D eigenvalue weighted by Gasteiger charge is -2.27. The highest BCUT2D eigenvalue weighted by Crippen LogP contribution is 2.35. The zero-order valence-electron chi connectivity index (χ0n) is 20.2. The molecule has 5 rings (SSSR count). The van der Waals surface area contributed by atoms with Gasteiger partial charge in [-0.3, -0.25) is 9.78 Å². The summed E-state index contributed by atoms with van der Waals surface area (Å²) in [6.45, 7) is 5.14. The van der Waals surface area contributed by atoms with Gasteiger partial charge in [0.1, 0.15) is 5.82 Å². The summed E-state index contributed by atoms with van der Waals surface area (Å²) in [5.74, 6) is -0.439. The summed E-state index contributed by atoms with van der Waals surface area (Å²) in [5, 5.41) is 7.57. The monoisotopic (exact) mass is 470 g/mol. The number of nitrogens with one attached hydrogen (secondary N) is 2. The Morgan fingerprint density at radius 2 is 1.89 bits per heavy atom. The van der Waals surface area contributed by atoms with Crippen molar-refractivity contribution in [3.05, 3.63) is 95.2 Å². The van der Waals surface area contributed by atoms with E-state index in [1.54, 1.807) is 6.20 Å². The minimum absolute atomic E-state index is 0.130. The van der Waals surface area contributed by atoms with Crippen LogP contribution in [0.5, 0.6) is 0 Å². The van der Waals surface area contributed by atoms with Crippen LogP contribution in [0.1, 0.15) is 66.2 Å². The fourth-order valence-electron chi connectivity index (χ4n) is 4.85. The van der Waals surface area contributed by atoms with Gasteiger partial charge in [-0.25, -0.2) is 4.39 Å². The van der Waals surface area contributed by atoms with E-state index in [1.165, 1.54) is 30.9 Å². The van der Waals surface area contributed by atoms with Crippen LogP contribution in [0.25, 0.3) is 10.9 Å². The number of pyridine rings is 1. The zero-order chi connectivity index (χ0) is 24.4. The molecule has 0 atom stereocenters. The Hall–Kier alpha value is -3.67. The molecular weight excluding hydrogens is 439 g/mol. The molecule has 1 fully saturated rings. The third-order valence-electron chi connectivity index (χ3n) is 6.75. The highest BCUT2D eigenvalue weighted by Gasteiger charge is 2.25. The van der Waals surface area contributed by atoms with Crippen molar-refractivity contribution in [2.75, 3.05) is 5.32 Å². The summed E-state index contributed by atoms with van der Waals surface area (Å²) in [6, 6.07) is 18.6. The first-order chi connectivity index (χ1) is 17.0. The second-order valence-electron chi connectivity index (χ2n) is 9.68. The number of rotatable bonds is 8. The number of anilines is 1. The van der Waals surface area contributed by atoms with Crippen LogP contribution in [0.2, 0.25) is 0 Å². The van der Waals surface area contributed by atoms with Crippen LogP contribution in [-0.4, -0.2) is 21.5 Å². The largest absolute Gasteiger partial charge is 0.382 e. The first kappa shape index (κ1) is 23.1. The van der Waals surface area contributed by atoms with Gasteiger partial charge in [0, 0.05) is 42.1 Å². The van der Waals surface area contributed by atoms with Crippen LogP contribution in [0, 0.1) is 5.82 Å². The summed E-state index contributed by atoms with van der Waals surface area (Å²) in [7, 11) is 0. The Kier molecular flexibility index (Phi) is 6.53. The number of carbonyl (C=O) groups is 1. The molecule has 2 aromatic heterocycles. The smallest absolute Gasteiger partial charge is 0.254 e. The van der Waals surface area contributed by atoms with Crippen molar-refractivity contribution in [2.24, 2.45) is 0 Å². The molecule has 1 aliphatic carbocycles. The number of hydrogen-bond donors (Lipinski definition) is 2. The summed E-state index contributed by atoms with van der Waals surface area (Å²) in [4.78, 5) is 17.5. The van der Waals surface area contributed by atoms with Crippen molar-refractivity contribution >= 4 is 22.5 Å². The Morgan fingerprint density at radius 1 is 1.09 bits per heavy atom. The maximum Gasteiger partial charge on any atom is 0.254 e. The molecule has 6 heteroatoms. The van der Waals surface area contributed by atoms with Gasteiger partial charge in [-0.1, -0.05) is 44.2 Å². The molecular formula is C29H31FN4O. The molecule has 35 heavy (non-hydrogen) atoms. The lowest BCUT2D eigenvalue weighted by molar-refractivity contribution is 0.0951. The SMILES string of the molecule is CC(C)c1c(C(=O)NCc2cncc(F)c2)c2ccc(NC3CCC3)cc2n1Cc1ccccc1. The van der Waals surface area contributed by atoms with Gasteiger partial charge in [-0.15, -0.1) is 0 Å². The molecule has 1 aliphatic rings. The molecule has 5 nitrogen and oxygen atoms in total. The summed E-state index contributed by atoms with van der Waals surface area (Å²) >= 11 is 0. The van der Waals surface area contributed by atoms with Gasteiger partial charge in [-0.05, 0) is 60.6 Å². The van der Waals surface area contributed by atoms with E-state index in [2.05, 4.69) is 64.4 Å². The van der Waals surface area contributed by atoms with Crippen molar-refractivity contribution in [1.82, 2.24) is 14.9 Å². The van der Waals surface area contributed by atoms with Crippen molar-refractivity contribution in [3.8, 4) is 0 Å². The molecule has 1 saturated carbocycles. The van der Waals surface area contributed by atoms with Gasteiger partial charge < -0.3 is 15.2 Å². The van der Waals surface area contributed by atoms with Gasteiger partial charge in [0.25, 0.3) is 5.91 Å². The number of carbonyl (C=O) groups excluding carboxylic acids is 1. The van der Waals surface area contributed by atoms with Gasteiger partial charge >= 0.3 is 0 Å². The predicted molar refractivity (Wildman–Crippen MR) is 138 cm³/mol. The zero-order valence-corrected chi connectivity index (χ0v) is 20.2. The topological polar surface area (TPSA) is 59.0 Å². The van der Waals surface area contributed by atoms with E-state index >= 15 is 0 Å². The molecule has 0 bridgehead atoms. The van der Waals surface area contributed by atoms with E-state index in [0.717, 1.165) is 28.5 Å². The quantitative estimate of drug-likeness (QED) is 0.320. The average molecular weight is 471 g/mol. The van der Waals surface area contributed by atoms with Crippen molar-refractivity contribution in [2.45, 2.75) is 58.2 Å². The van der Waals surface area contributed by atoms with E-state index in [4.69, 9.17) is 0 Å². The van der Waals surface area contributed by atoms with Crippen LogP contribution in [0.15, 0.2) is 67.0 Å². The first-order valence-electron chi connectivity index (χ1n) is 12.3. The minimum Gasteiger partial charge on any atom is -0.382 e. The summed E-state index contributed by atoms with van der Waals surface area (Å²) in [5.41, 5.74) is 5.62. The van der Waals surface area contributed by atoms with Crippen LogP contribution >= 0.6 is 0 Å². The number of aromatic nitrogens is 2. The second-order valence-corrected chi connectivity index (χ2v) is 9.68. The number of hydrogen-bond acceptors (Lipinski definition) is 3. The van der Waals surface area contributed by atoms with Gasteiger partial charge in [0.2, 0.25) is 0 Å². The first-order valence-corrected chi connectivity index (χ1v) is 12.3. The number of benzene rings is 2. The Balaban J connectivity index is 1.56. The van der Waals surface area contributed by atoms with Crippen LogP contribution in [0.4, 0.5) is 10.1 Å². The third-order valence-corrected chi connectivity index (χ3v) is 6.75. The molecule has 2 N–H and O–H groups in total. The standard InChI is InChI=1S/C29H31FN4O/c1-19(2)28-27(29(35)32-16-21-13-22(30)17-31-15-21)25-12-11-24(33-23-9-6-10-23)14-26(25)34(28)18-20-7-4-3-5-8-20/h3-5,7-8,11-15,17,19,23,33H,6,9-10,16,18H2,1-2H3,(H,32,35). The average Bonchev–Trinajstić information content (AvgIpc) is 3.14. The van der Waals surface area contributed by atoms with E-state index < -0.39 is 5.82 Å². The van der Waals surface area contributed by atoms with Crippen molar-refractivity contribution < 1.29 is 9.18 Å². The molecule has 2 heterocycles. The van der Waals surface area contributed by atoms with Crippen LogP contribution < -0.4 is 10.6 Å². The van der Waals surface area contributed by atoms with Gasteiger partial charge in [0.15, 0.2) is 0 Å². The minimum atomic E-state index is -0.412. The summed E-state index contributed by atoms with van der Waals surface area (Å²) in [6.07, 6.45) is 6.40. The van der Waals surface area contributed by atoms with Crippen molar-refractivity contribution in [3.63, 3.8) is 0 Å². The lowest BCUT2D eigenvalue weighted by atomic mass is 9.93. The molecule has 0 saturated heterocycles. The molecule has 4 aromatic rings. The maximum absolute atomic E-state index is 13.6. The Labute approximate surface area is 205 Å². The van der Waals surface area contributed by atoms with Gasteiger partial charge in [0.05, 0.1) is 17.3 Å². The van der Waals surface area contributed by atoms with Gasteiger partial charge in [-0.2, -0.15) is 0 Å². The fraction of sp³-hybridized carbons (Fsp3) is 0.310. The molecule has 0 radical (unpaired) electrons. The second kappa shape index (κ2) is 9.90. The highest BCUT2D eigenvalue weighted by atomic mass is 19.1. The van der Waals surface area contributed by atoms with E-state index in [9.17, 15) is 9.18 Å². The Bertz CT molecular complexity index is 1340. The van der Waals surface area contributed by atoms with E-state index in [-0.39, 0.29) is 18.4 Å². The normalized spacial score (nSPS) is 13.7. The summed E-state index contributed by atoms with van der Waals surface area (Å²) < 4.78 is 15.9. The maximum atomic E-state index is 13.6. The lowest BCUT2D eigenvalue weighted by Crippen LogP contribution is -2.26. The number of halogens is 1. The molecule has 0 spiro atoms. The van der Waals surface area contributed by atoms with E-state index in [1.807, 2.05) is 18.2 Å². The Morgan fingerprint density at radius 3 is 2.57 bits per heavy atom. The van der Waals surface area contributed by atoms with E-state index in [0.29, 0.717) is 23.7 Å². The van der Waals surface area contributed by atoms with Crippen molar-refractivity contribution in [1.29, 1.82) is 0 Å².